The summed E-state index contributed by atoms with van der Waals surface area (Å²) in [4.78, 5) is 2.76. The van der Waals surface area contributed by atoms with Crippen molar-refractivity contribution in [3.8, 4) is 5.75 Å². The monoisotopic (exact) mass is 291 g/mol. The van der Waals surface area contributed by atoms with Crippen molar-refractivity contribution in [2.45, 2.75) is 25.0 Å². The summed E-state index contributed by atoms with van der Waals surface area (Å²) in [6, 6.07) is 14.8. The van der Waals surface area contributed by atoms with Crippen LogP contribution in [0.4, 0.5) is 4.39 Å². The third kappa shape index (κ3) is 3.11. The molecule has 3 rings (SSSR count). The van der Waals surface area contributed by atoms with Crippen LogP contribution in [0.1, 0.15) is 23.5 Å². The third-order valence-electron chi connectivity index (χ3n) is 3.56. The smallest absolute Gasteiger partial charge is 0.123 e. The van der Waals surface area contributed by atoms with Crippen LogP contribution in [0.25, 0.3) is 0 Å². The van der Waals surface area contributed by atoms with Crippen LogP contribution >= 0.6 is 11.8 Å². The quantitative estimate of drug-likeness (QED) is 0.841. The zero-order chi connectivity index (χ0) is 13.9. The van der Waals surface area contributed by atoms with Gasteiger partial charge in [-0.3, -0.25) is 0 Å². The second-order valence-corrected chi connectivity index (χ2v) is 5.26. The average molecular weight is 292 g/mol. The van der Waals surface area contributed by atoms with Gasteiger partial charge in [-0.25, -0.2) is 9.23 Å². The van der Waals surface area contributed by atoms with Crippen molar-refractivity contribution < 1.29 is 9.13 Å². The van der Waals surface area contributed by atoms with Crippen molar-refractivity contribution in [1.82, 2.24) is 4.84 Å². The van der Waals surface area contributed by atoms with Crippen molar-refractivity contribution in [1.29, 1.82) is 0 Å². The number of benzene rings is 2. The van der Waals surface area contributed by atoms with E-state index in [4.69, 9.17) is 16.5 Å². The van der Waals surface area contributed by atoms with Gasteiger partial charge in [-0.05, 0) is 53.6 Å². The van der Waals surface area contributed by atoms with Crippen LogP contribution in [-0.2, 0) is 6.61 Å². The molecule has 2 aromatic rings. The Morgan fingerprint density at radius 1 is 1.10 bits per heavy atom. The van der Waals surface area contributed by atoms with E-state index in [1.54, 1.807) is 12.1 Å². The minimum Gasteiger partial charge on any atom is -0.489 e. The molecule has 1 fully saturated rings. The second kappa shape index (κ2) is 5.81. The summed E-state index contributed by atoms with van der Waals surface area (Å²) in [7, 11) is 0. The van der Waals surface area contributed by atoms with E-state index >= 15 is 0 Å². The van der Waals surface area contributed by atoms with E-state index < -0.39 is 0 Å². The molecule has 1 aliphatic carbocycles. The first kappa shape index (κ1) is 13.4. The fraction of sp³-hybridized carbons (Fsp3) is 0.250. The standard InChI is InChI=1S/C16H15ClFNO/c17-19-16-9-15(16)12-3-7-14(8-4-12)20-10-11-1-5-13(18)6-2-11/h1-8,15-16,19H,9-10H2. The number of ether oxygens (including phenoxy) is 1. The molecular weight excluding hydrogens is 277 g/mol. The lowest BCUT2D eigenvalue weighted by Crippen LogP contribution is -2.03. The first-order chi connectivity index (χ1) is 9.76. The minimum atomic E-state index is -0.231. The predicted octanol–water partition coefficient (Wildman–Crippen LogP) is 4.00. The van der Waals surface area contributed by atoms with E-state index in [1.807, 2.05) is 12.1 Å². The zero-order valence-corrected chi connectivity index (χ0v) is 11.6. The molecule has 0 heterocycles. The molecular formula is C16H15ClFNO. The number of rotatable bonds is 5. The third-order valence-corrected chi connectivity index (χ3v) is 3.84. The van der Waals surface area contributed by atoms with Crippen molar-refractivity contribution in [3.63, 3.8) is 0 Å². The Bertz CT molecular complexity index is 570. The van der Waals surface area contributed by atoms with Crippen LogP contribution in [0.2, 0.25) is 0 Å². The molecule has 0 saturated heterocycles. The number of halogens is 2. The highest BCUT2D eigenvalue weighted by atomic mass is 35.5. The van der Waals surface area contributed by atoms with Gasteiger partial charge in [-0.2, -0.15) is 0 Å². The van der Waals surface area contributed by atoms with E-state index in [-0.39, 0.29) is 5.82 Å². The van der Waals surface area contributed by atoms with Gasteiger partial charge in [-0.1, -0.05) is 24.3 Å². The van der Waals surface area contributed by atoms with Crippen LogP contribution in [0.5, 0.6) is 5.75 Å². The normalized spacial score (nSPS) is 20.7. The van der Waals surface area contributed by atoms with Crippen LogP contribution < -0.4 is 9.57 Å². The maximum atomic E-state index is 12.8. The highest BCUT2D eigenvalue weighted by Crippen LogP contribution is 2.41. The Hall–Kier alpha value is -1.58. The summed E-state index contributed by atoms with van der Waals surface area (Å²) in [5.74, 6) is 1.10. The molecule has 0 bridgehead atoms. The zero-order valence-electron chi connectivity index (χ0n) is 10.9. The van der Waals surface area contributed by atoms with Gasteiger partial charge >= 0.3 is 0 Å². The van der Waals surface area contributed by atoms with Gasteiger partial charge in [0.1, 0.15) is 18.2 Å². The van der Waals surface area contributed by atoms with Crippen molar-refractivity contribution in [2.24, 2.45) is 0 Å². The summed E-state index contributed by atoms with van der Waals surface area (Å²) >= 11 is 5.60. The number of hydrogen-bond acceptors (Lipinski definition) is 2. The SMILES string of the molecule is Fc1ccc(COc2ccc(C3CC3NCl)cc2)cc1. The summed E-state index contributed by atoms with van der Waals surface area (Å²) in [5, 5.41) is 0. The maximum absolute atomic E-state index is 12.8. The van der Waals surface area contributed by atoms with Gasteiger partial charge in [0.15, 0.2) is 0 Å². The van der Waals surface area contributed by atoms with Gasteiger partial charge < -0.3 is 4.74 Å². The lowest BCUT2D eigenvalue weighted by atomic mass is 10.1. The molecule has 20 heavy (non-hydrogen) atoms. The van der Waals surface area contributed by atoms with E-state index in [0.717, 1.165) is 17.7 Å². The fourth-order valence-corrected chi connectivity index (χ4v) is 2.48. The van der Waals surface area contributed by atoms with Crippen LogP contribution in [0, 0.1) is 5.82 Å². The van der Waals surface area contributed by atoms with Crippen LogP contribution in [-0.4, -0.2) is 6.04 Å². The first-order valence-corrected chi connectivity index (χ1v) is 6.97. The Labute approximate surface area is 122 Å². The van der Waals surface area contributed by atoms with Crippen molar-refractivity contribution in [3.05, 3.63) is 65.5 Å². The molecule has 1 aliphatic rings. The van der Waals surface area contributed by atoms with Crippen LogP contribution in [0.3, 0.4) is 0 Å². The number of nitrogens with one attached hydrogen (secondary N) is 1. The molecule has 2 unspecified atom stereocenters. The lowest BCUT2D eigenvalue weighted by Gasteiger charge is -2.07. The van der Waals surface area contributed by atoms with Crippen LogP contribution in [0.15, 0.2) is 48.5 Å². The number of hydrogen-bond donors (Lipinski definition) is 1. The molecule has 1 N–H and O–H groups in total. The average Bonchev–Trinajstić information content (AvgIpc) is 3.27. The predicted molar refractivity (Wildman–Crippen MR) is 77.3 cm³/mol. The molecule has 2 atom stereocenters. The molecule has 0 aliphatic heterocycles. The summed E-state index contributed by atoms with van der Waals surface area (Å²) in [6.07, 6.45) is 1.08. The summed E-state index contributed by atoms with van der Waals surface area (Å²) in [5.41, 5.74) is 2.22. The Morgan fingerprint density at radius 3 is 2.40 bits per heavy atom. The van der Waals surface area contributed by atoms with E-state index in [1.165, 1.54) is 17.7 Å². The highest BCUT2D eigenvalue weighted by molar-refractivity contribution is 6.13. The van der Waals surface area contributed by atoms with E-state index in [2.05, 4.69) is 17.0 Å². The molecule has 0 amide bonds. The molecule has 0 spiro atoms. The first-order valence-electron chi connectivity index (χ1n) is 6.59. The van der Waals surface area contributed by atoms with Gasteiger partial charge in [0.2, 0.25) is 0 Å². The molecule has 2 nitrogen and oxygen atoms in total. The summed E-state index contributed by atoms with van der Waals surface area (Å²) in [6.45, 7) is 0.439. The topological polar surface area (TPSA) is 21.3 Å². The Kier molecular flexibility index (Phi) is 3.90. The molecule has 2 aromatic carbocycles. The molecule has 1 saturated carbocycles. The van der Waals surface area contributed by atoms with Gasteiger partial charge in [-0.15, -0.1) is 0 Å². The molecule has 104 valence electrons. The van der Waals surface area contributed by atoms with Crippen molar-refractivity contribution in [2.75, 3.05) is 0 Å². The maximum Gasteiger partial charge on any atom is 0.123 e. The van der Waals surface area contributed by atoms with Gasteiger partial charge in [0, 0.05) is 12.0 Å². The lowest BCUT2D eigenvalue weighted by molar-refractivity contribution is 0.306. The Balaban J connectivity index is 1.57. The second-order valence-electron chi connectivity index (χ2n) is 5.04. The highest BCUT2D eigenvalue weighted by Gasteiger charge is 2.37. The minimum absolute atomic E-state index is 0.231. The molecule has 0 aromatic heterocycles. The van der Waals surface area contributed by atoms with Crippen molar-refractivity contribution >= 4 is 11.8 Å². The fourth-order valence-electron chi connectivity index (χ4n) is 2.24. The Morgan fingerprint density at radius 2 is 1.80 bits per heavy atom. The van der Waals surface area contributed by atoms with E-state index in [0.29, 0.717) is 18.6 Å². The molecule has 0 radical (unpaired) electrons. The summed E-state index contributed by atoms with van der Waals surface area (Å²) < 4.78 is 18.5. The molecule has 4 heteroatoms. The van der Waals surface area contributed by atoms with Gasteiger partial charge in [0.25, 0.3) is 0 Å². The largest absolute Gasteiger partial charge is 0.489 e. The van der Waals surface area contributed by atoms with Gasteiger partial charge in [0.05, 0.1) is 0 Å². The van der Waals surface area contributed by atoms with E-state index in [9.17, 15) is 4.39 Å².